The van der Waals surface area contributed by atoms with Gasteiger partial charge in [-0.25, -0.2) is 4.98 Å². The summed E-state index contributed by atoms with van der Waals surface area (Å²) >= 11 is 1.71. The van der Waals surface area contributed by atoms with Crippen molar-refractivity contribution in [2.75, 3.05) is 11.4 Å². The van der Waals surface area contributed by atoms with Gasteiger partial charge >= 0.3 is 0 Å². The van der Waals surface area contributed by atoms with E-state index in [1.807, 2.05) is 11.6 Å². The van der Waals surface area contributed by atoms with Gasteiger partial charge in [0.05, 0.1) is 0 Å². The van der Waals surface area contributed by atoms with Crippen molar-refractivity contribution in [1.29, 1.82) is 0 Å². The Kier molecular flexibility index (Phi) is 3.08. The molecule has 0 amide bonds. The normalized spacial score (nSPS) is 14.9. The van der Waals surface area contributed by atoms with Crippen LogP contribution in [0.4, 0.5) is 5.69 Å². The zero-order chi connectivity index (χ0) is 12.5. The van der Waals surface area contributed by atoms with E-state index in [0.29, 0.717) is 6.04 Å². The Bertz CT molecular complexity index is 531. The summed E-state index contributed by atoms with van der Waals surface area (Å²) in [6.45, 7) is 5.72. The number of thiazole rings is 1. The fourth-order valence-corrected chi connectivity index (χ4v) is 3.30. The van der Waals surface area contributed by atoms with Gasteiger partial charge in [0, 0.05) is 35.4 Å². The smallest absolute Gasteiger partial charge is 0.123 e. The highest BCUT2D eigenvalue weighted by Gasteiger charge is 2.19. The summed E-state index contributed by atoms with van der Waals surface area (Å²) in [7, 11) is 0. The molecule has 0 fully saturated rings. The second kappa shape index (κ2) is 4.73. The molecule has 0 unspecified atom stereocenters. The Morgan fingerprint density at radius 3 is 2.94 bits per heavy atom. The minimum absolute atomic E-state index is 0.578. The average molecular weight is 258 g/mol. The minimum Gasteiger partial charge on any atom is -0.369 e. The lowest BCUT2D eigenvalue weighted by atomic mass is 9.98. The van der Waals surface area contributed by atoms with Crippen LogP contribution in [-0.2, 0) is 6.42 Å². The molecule has 18 heavy (non-hydrogen) atoms. The van der Waals surface area contributed by atoms with Gasteiger partial charge in [0.25, 0.3) is 0 Å². The van der Waals surface area contributed by atoms with Crippen molar-refractivity contribution in [1.82, 2.24) is 4.98 Å². The highest BCUT2D eigenvalue weighted by molar-refractivity contribution is 7.13. The van der Waals surface area contributed by atoms with Gasteiger partial charge < -0.3 is 4.90 Å². The van der Waals surface area contributed by atoms with Gasteiger partial charge in [0.2, 0.25) is 0 Å². The number of nitrogens with zero attached hydrogens (tertiary/aromatic N) is 2. The first-order chi connectivity index (χ1) is 8.75. The Morgan fingerprint density at radius 2 is 2.22 bits per heavy atom. The van der Waals surface area contributed by atoms with Gasteiger partial charge in [-0.2, -0.15) is 0 Å². The van der Waals surface area contributed by atoms with Crippen molar-refractivity contribution in [2.24, 2.45) is 0 Å². The molecule has 0 spiro atoms. The third-order valence-corrected chi connectivity index (χ3v) is 4.36. The van der Waals surface area contributed by atoms with Crippen LogP contribution in [0, 0.1) is 0 Å². The second-order valence-electron chi connectivity index (χ2n) is 5.07. The van der Waals surface area contributed by atoms with Crippen LogP contribution in [0.25, 0.3) is 10.6 Å². The van der Waals surface area contributed by atoms with Gasteiger partial charge in [-0.05, 0) is 50.5 Å². The topological polar surface area (TPSA) is 16.1 Å². The summed E-state index contributed by atoms with van der Waals surface area (Å²) in [5.41, 5.74) is 4.15. The first kappa shape index (κ1) is 11.7. The predicted octanol–water partition coefficient (Wildman–Crippen LogP) is 3.97. The van der Waals surface area contributed by atoms with E-state index < -0.39 is 0 Å². The van der Waals surface area contributed by atoms with E-state index >= 15 is 0 Å². The molecule has 0 N–H and O–H groups in total. The summed E-state index contributed by atoms with van der Waals surface area (Å²) in [6.07, 6.45) is 4.32. The van der Waals surface area contributed by atoms with Crippen LogP contribution in [-0.4, -0.2) is 17.6 Å². The molecule has 2 nitrogen and oxygen atoms in total. The monoisotopic (exact) mass is 258 g/mol. The minimum atomic E-state index is 0.578. The Balaban J connectivity index is 2.01. The molecule has 1 aromatic heterocycles. The first-order valence-corrected chi connectivity index (χ1v) is 7.43. The number of anilines is 1. The third kappa shape index (κ3) is 2.03. The van der Waals surface area contributed by atoms with Crippen LogP contribution in [0.15, 0.2) is 29.8 Å². The van der Waals surface area contributed by atoms with Crippen molar-refractivity contribution in [3.63, 3.8) is 0 Å². The molecule has 0 saturated heterocycles. The summed E-state index contributed by atoms with van der Waals surface area (Å²) < 4.78 is 0. The average Bonchev–Trinajstić information content (AvgIpc) is 2.91. The molecule has 1 aliphatic heterocycles. The van der Waals surface area contributed by atoms with Gasteiger partial charge in [0.1, 0.15) is 5.01 Å². The fraction of sp³-hybridized carbons (Fsp3) is 0.400. The summed E-state index contributed by atoms with van der Waals surface area (Å²) in [5.74, 6) is 0. The number of aromatic nitrogens is 1. The van der Waals surface area contributed by atoms with Crippen LogP contribution >= 0.6 is 11.3 Å². The zero-order valence-electron chi connectivity index (χ0n) is 10.9. The van der Waals surface area contributed by atoms with E-state index in [2.05, 4.69) is 41.9 Å². The molecule has 0 saturated carbocycles. The van der Waals surface area contributed by atoms with Crippen LogP contribution in [0.5, 0.6) is 0 Å². The number of fused-ring (bicyclic) bond motifs is 1. The number of aryl methyl sites for hydroxylation is 1. The van der Waals surface area contributed by atoms with Crippen LogP contribution < -0.4 is 4.90 Å². The lowest BCUT2D eigenvalue weighted by molar-refractivity contribution is 0.626. The molecule has 3 rings (SSSR count). The van der Waals surface area contributed by atoms with Gasteiger partial charge in [0.15, 0.2) is 0 Å². The standard InChI is InChI=1S/C15H18N2S/c1-11(2)17-8-3-4-12-10-13(5-6-14(12)17)15-16-7-9-18-15/h5-7,9-11H,3-4,8H2,1-2H3. The summed E-state index contributed by atoms with van der Waals surface area (Å²) in [5, 5.41) is 3.16. The van der Waals surface area contributed by atoms with Crippen molar-refractivity contribution in [2.45, 2.75) is 32.7 Å². The van der Waals surface area contributed by atoms with E-state index in [0.717, 1.165) is 5.01 Å². The van der Waals surface area contributed by atoms with Gasteiger partial charge in [-0.1, -0.05) is 0 Å². The highest BCUT2D eigenvalue weighted by atomic mass is 32.1. The molecule has 2 heterocycles. The van der Waals surface area contributed by atoms with Gasteiger partial charge in [-0.15, -0.1) is 11.3 Å². The van der Waals surface area contributed by atoms with E-state index in [-0.39, 0.29) is 0 Å². The van der Waals surface area contributed by atoms with Crippen LogP contribution in [0.3, 0.4) is 0 Å². The maximum Gasteiger partial charge on any atom is 0.123 e. The summed E-state index contributed by atoms with van der Waals surface area (Å²) in [6, 6.07) is 7.38. The molecule has 3 heteroatoms. The Morgan fingerprint density at radius 1 is 1.33 bits per heavy atom. The summed E-state index contributed by atoms with van der Waals surface area (Å²) in [4.78, 5) is 6.90. The van der Waals surface area contributed by atoms with E-state index in [9.17, 15) is 0 Å². The van der Waals surface area contributed by atoms with Crippen LogP contribution in [0.2, 0.25) is 0 Å². The highest BCUT2D eigenvalue weighted by Crippen LogP contribution is 2.33. The van der Waals surface area contributed by atoms with Crippen molar-refractivity contribution in [3.05, 3.63) is 35.3 Å². The second-order valence-corrected chi connectivity index (χ2v) is 5.97. The van der Waals surface area contributed by atoms with E-state index in [4.69, 9.17) is 0 Å². The molecule has 0 aliphatic carbocycles. The Hall–Kier alpha value is -1.35. The number of rotatable bonds is 2. The van der Waals surface area contributed by atoms with Crippen molar-refractivity contribution in [3.8, 4) is 10.6 Å². The molecule has 1 aliphatic rings. The van der Waals surface area contributed by atoms with Crippen molar-refractivity contribution >= 4 is 17.0 Å². The molecule has 94 valence electrons. The number of hydrogen-bond donors (Lipinski definition) is 0. The lowest BCUT2D eigenvalue weighted by Gasteiger charge is -2.34. The maximum atomic E-state index is 4.39. The van der Waals surface area contributed by atoms with Crippen LogP contribution in [0.1, 0.15) is 25.8 Å². The largest absolute Gasteiger partial charge is 0.369 e. The molecular weight excluding hydrogens is 240 g/mol. The molecule has 2 aromatic rings. The maximum absolute atomic E-state index is 4.39. The predicted molar refractivity (Wildman–Crippen MR) is 78.4 cm³/mol. The zero-order valence-corrected chi connectivity index (χ0v) is 11.7. The quantitative estimate of drug-likeness (QED) is 0.810. The molecule has 1 aromatic carbocycles. The van der Waals surface area contributed by atoms with E-state index in [1.165, 1.54) is 36.2 Å². The lowest BCUT2D eigenvalue weighted by Crippen LogP contribution is -2.35. The van der Waals surface area contributed by atoms with Crippen molar-refractivity contribution < 1.29 is 0 Å². The SMILES string of the molecule is CC(C)N1CCCc2cc(-c3nccs3)ccc21. The Labute approximate surface area is 112 Å². The third-order valence-electron chi connectivity index (χ3n) is 3.54. The van der Waals surface area contributed by atoms with Gasteiger partial charge in [-0.3, -0.25) is 0 Å². The molecular formula is C15H18N2S. The number of benzene rings is 1. The van der Waals surface area contributed by atoms with E-state index in [1.54, 1.807) is 11.3 Å². The number of hydrogen-bond acceptors (Lipinski definition) is 3. The molecule has 0 radical (unpaired) electrons. The molecule has 0 atom stereocenters. The fourth-order valence-electron chi connectivity index (χ4n) is 2.66. The molecule has 0 bridgehead atoms. The first-order valence-electron chi connectivity index (χ1n) is 6.55.